The van der Waals surface area contributed by atoms with Crippen LogP contribution in [0.15, 0.2) is 12.4 Å². The van der Waals surface area contributed by atoms with Crippen LogP contribution in [0.3, 0.4) is 0 Å². The highest BCUT2D eigenvalue weighted by atomic mass is 16.5. The lowest BCUT2D eigenvalue weighted by atomic mass is 10.1. The quantitative estimate of drug-likeness (QED) is 0.798. The Balaban J connectivity index is 2.68. The van der Waals surface area contributed by atoms with Crippen LogP contribution in [0.5, 0.6) is 0 Å². The Morgan fingerprint density at radius 3 is 2.43 bits per heavy atom. The van der Waals surface area contributed by atoms with Gasteiger partial charge in [0.15, 0.2) is 0 Å². The Kier molecular flexibility index (Phi) is 7.05. The molecule has 5 heteroatoms. The van der Waals surface area contributed by atoms with Crippen molar-refractivity contribution in [1.82, 2.24) is 15.3 Å². The van der Waals surface area contributed by atoms with Crippen molar-refractivity contribution in [2.75, 3.05) is 31.7 Å². The maximum atomic E-state index is 5.18. The molecule has 1 N–H and O–H groups in total. The molecule has 0 radical (unpaired) electrons. The second-order valence-corrected chi connectivity index (χ2v) is 6.80. The third-order valence-electron chi connectivity index (χ3n) is 2.97. The number of nitrogens with one attached hydrogen (secondary N) is 1. The summed E-state index contributed by atoms with van der Waals surface area (Å²) in [6.45, 7) is 14.1. The van der Waals surface area contributed by atoms with Gasteiger partial charge in [0.1, 0.15) is 5.82 Å². The molecule has 1 rings (SSSR count). The Morgan fingerprint density at radius 2 is 1.95 bits per heavy atom. The Labute approximate surface area is 129 Å². The van der Waals surface area contributed by atoms with Gasteiger partial charge in [0.25, 0.3) is 0 Å². The summed E-state index contributed by atoms with van der Waals surface area (Å²) in [6.07, 6.45) is 3.71. The van der Waals surface area contributed by atoms with E-state index in [0.717, 1.165) is 31.1 Å². The molecule has 0 amide bonds. The summed E-state index contributed by atoms with van der Waals surface area (Å²) in [5.41, 5.74) is 1.05. The van der Waals surface area contributed by atoms with Crippen molar-refractivity contribution in [1.29, 1.82) is 0 Å². The van der Waals surface area contributed by atoms with E-state index < -0.39 is 0 Å². The molecular formula is C16H30N4O. The minimum atomic E-state index is 0.0858. The molecule has 0 bridgehead atoms. The number of hydrogen-bond donors (Lipinski definition) is 1. The van der Waals surface area contributed by atoms with Gasteiger partial charge in [-0.05, 0) is 26.7 Å². The lowest BCUT2D eigenvalue weighted by Gasteiger charge is -2.25. The highest BCUT2D eigenvalue weighted by Crippen LogP contribution is 2.12. The van der Waals surface area contributed by atoms with Crippen molar-refractivity contribution >= 4 is 5.82 Å². The third kappa shape index (κ3) is 7.39. The normalized spacial score (nSPS) is 12.0. The summed E-state index contributed by atoms with van der Waals surface area (Å²) in [5.74, 6) is 1.49. The summed E-state index contributed by atoms with van der Waals surface area (Å²) in [6, 6.07) is 0. The standard InChI is InChI=1S/C16H30N4O/c1-13(2)12-20(7-8-21-6)15-11-17-14(9-18-15)10-19-16(3,4)5/h9,11,13,19H,7-8,10,12H2,1-6H3. The van der Waals surface area contributed by atoms with E-state index in [1.165, 1.54) is 0 Å². The summed E-state index contributed by atoms with van der Waals surface area (Å²) in [7, 11) is 1.72. The summed E-state index contributed by atoms with van der Waals surface area (Å²) < 4.78 is 5.18. The van der Waals surface area contributed by atoms with E-state index in [1.54, 1.807) is 7.11 Å². The maximum absolute atomic E-state index is 5.18. The van der Waals surface area contributed by atoms with Gasteiger partial charge in [-0.1, -0.05) is 13.8 Å². The van der Waals surface area contributed by atoms with Gasteiger partial charge < -0.3 is 15.0 Å². The highest BCUT2D eigenvalue weighted by Gasteiger charge is 2.12. The molecule has 0 aliphatic heterocycles. The fourth-order valence-corrected chi connectivity index (χ4v) is 1.90. The topological polar surface area (TPSA) is 50.3 Å². The molecule has 0 saturated carbocycles. The van der Waals surface area contributed by atoms with Crippen LogP contribution in [-0.4, -0.2) is 42.3 Å². The van der Waals surface area contributed by atoms with E-state index in [0.29, 0.717) is 12.5 Å². The van der Waals surface area contributed by atoms with Gasteiger partial charge in [0.2, 0.25) is 0 Å². The number of anilines is 1. The minimum absolute atomic E-state index is 0.0858. The molecule has 0 unspecified atom stereocenters. The highest BCUT2D eigenvalue weighted by molar-refractivity contribution is 5.35. The van der Waals surface area contributed by atoms with E-state index in [-0.39, 0.29) is 5.54 Å². The van der Waals surface area contributed by atoms with Gasteiger partial charge in [0, 0.05) is 32.3 Å². The first kappa shape index (κ1) is 17.9. The predicted molar refractivity (Wildman–Crippen MR) is 87.6 cm³/mol. The van der Waals surface area contributed by atoms with Crippen LogP contribution < -0.4 is 10.2 Å². The summed E-state index contributed by atoms with van der Waals surface area (Å²) in [5, 5.41) is 3.42. The third-order valence-corrected chi connectivity index (χ3v) is 2.97. The molecule has 0 aromatic carbocycles. The van der Waals surface area contributed by atoms with Crippen LogP contribution in [0.25, 0.3) is 0 Å². The largest absolute Gasteiger partial charge is 0.383 e. The zero-order chi connectivity index (χ0) is 15.9. The molecule has 21 heavy (non-hydrogen) atoms. The molecule has 0 aliphatic rings. The monoisotopic (exact) mass is 294 g/mol. The first-order chi connectivity index (χ1) is 9.81. The van der Waals surface area contributed by atoms with Gasteiger partial charge in [0.05, 0.1) is 24.7 Å². The van der Waals surface area contributed by atoms with Crippen LogP contribution in [-0.2, 0) is 11.3 Å². The van der Waals surface area contributed by atoms with Crippen molar-refractivity contribution in [2.24, 2.45) is 5.92 Å². The Morgan fingerprint density at radius 1 is 1.24 bits per heavy atom. The van der Waals surface area contributed by atoms with Gasteiger partial charge in [-0.3, -0.25) is 4.98 Å². The SMILES string of the molecule is COCCN(CC(C)C)c1cnc(CNC(C)(C)C)cn1. The number of aromatic nitrogens is 2. The smallest absolute Gasteiger partial charge is 0.147 e. The number of methoxy groups -OCH3 is 1. The number of ether oxygens (including phenoxy) is 1. The summed E-state index contributed by atoms with van der Waals surface area (Å²) in [4.78, 5) is 11.3. The van der Waals surface area contributed by atoms with Crippen LogP contribution in [0.4, 0.5) is 5.82 Å². The number of hydrogen-bond acceptors (Lipinski definition) is 5. The van der Waals surface area contributed by atoms with Crippen LogP contribution in [0.2, 0.25) is 0 Å². The van der Waals surface area contributed by atoms with Crippen molar-refractivity contribution in [3.63, 3.8) is 0 Å². The molecule has 0 atom stereocenters. The van der Waals surface area contributed by atoms with Crippen molar-refractivity contribution in [3.05, 3.63) is 18.1 Å². The molecule has 0 spiro atoms. The zero-order valence-corrected chi connectivity index (χ0v) is 14.3. The van der Waals surface area contributed by atoms with Gasteiger partial charge in [-0.15, -0.1) is 0 Å². The Bertz CT molecular complexity index is 398. The maximum Gasteiger partial charge on any atom is 0.147 e. The van der Waals surface area contributed by atoms with Gasteiger partial charge in [-0.2, -0.15) is 0 Å². The van der Waals surface area contributed by atoms with E-state index in [1.807, 2.05) is 12.4 Å². The van der Waals surface area contributed by atoms with Gasteiger partial charge >= 0.3 is 0 Å². The van der Waals surface area contributed by atoms with Gasteiger partial charge in [-0.25, -0.2) is 4.98 Å². The van der Waals surface area contributed by atoms with Crippen molar-refractivity contribution in [2.45, 2.75) is 46.7 Å². The molecule has 120 valence electrons. The average molecular weight is 294 g/mol. The van der Waals surface area contributed by atoms with E-state index >= 15 is 0 Å². The van der Waals surface area contributed by atoms with E-state index in [2.05, 4.69) is 54.8 Å². The first-order valence-corrected chi connectivity index (χ1v) is 7.61. The van der Waals surface area contributed by atoms with Crippen molar-refractivity contribution in [3.8, 4) is 0 Å². The molecule has 0 fully saturated rings. The second kappa shape index (κ2) is 8.29. The van der Waals surface area contributed by atoms with Crippen LogP contribution in [0.1, 0.15) is 40.3 Å². The fraction of sp³-hybridized carbons (Fsp3) is 0.750. The van der Waals surface area contributed by atoms with Crippen LogP contribution in [0, 0.1) is 5.92 Å². The predicted octanol–water partition coefficient (Wildman–Crippen LogP) is 2.47. The second-order valence-electron chi connectivity index (χ2n) is 6.80. The number of rotatable bonds is 8. The molecule has 5 nitrogen and oxygen atoms in total. The minimum Gasteiger partial charge on any atom is -0.383 e. The van der Waals surface area contributed by atoms with Crippen LogP contribution >= 0.6 is 0 Å². The lowest BCUT2D eigenvalue weighted by molar-refractivity contribution is 0.204. The van der Waals surface area contributed by atoms with E-state index in [4.69, 9.17) is 4.74 Å². The fourth-order valence-electron chi connectivity index (χ4n) is 1.90. The Hall–Kier alpha value is -1.20. The lowest BCUT2D eigenvalue weighted by Crippen LogP contribution is -2.35. The number of nitrogens with zero attached hydrogens (tertiary/aromatic N) is 3. The average Bonchev–Trinajstić information content (AvgIpc) is 2.40. The molecule has 0 saturated heterocycles. The summed E-state index contributed by atoms with van der Waals surface area (Å²) >= 11 is 0. The zero-order valence-electron chi connectivity index (χ0n) is 14.3. The molecule has 1 aromatic rings. The van der Waals surface area contributed by atoms with E-state index in [9.17, 15) is 0 Å². The first-order valence-electron chi connectivity index (χ1n) is 7.61. The molecule has 1 aromatic heterocycles. The molecular weight excluding hydrogens is 264 g/mol. The molecule has 1 heterocycles. The van der Waals surface area contributed by atoms with Crippen molar-refractivity contribution < 1.29 is 4.74 Å². The molecule has 0 aliphatic carbocycles.